The van der Waals surface area contributed by atoms with Gasteiger partial charge in [-0.2, -0.15) is 0 Å². The summed E-state index contributed by atoms with van der Waals surface area (Å²) in [7, 11) is 0. The minimum absolute atomic E-state index is 0.242. The molecule has 0 bridgehead atoms. The van der Waals surface area contributed by atoms with Crippen LogP contribution in [-0.2, 0) is 17.6 Å². The Labute approximate surface area is 174 Å². The number of fused-ring (bicyclic) bond motifs is 2. The Morgan fingerprint density at radius 3 is 2.69 bits per heavy atom. The first kappa shape index (κ1) is 19.6. The van der Waals surface area contributed by atoms with Gasteiger partial charge in [-0.25, -0.2) is 4.79 Å². The maximum absolute atomic E-state index is 12.1. The molecule has 7 heteroatoms. The van der Waals surface area contributed by atoms with E-state index in [2.05, 4.69) is 11.2 Å². The average Bonchev–Trinajstić information content (AvgIpc) is 2.90. The van der Waals surface area contributed by atoms with Gasteiger partial charge in [0.05, 0.1) is 17.3 Å². The van der Waals surface area contributed by atoms with E-state index >= 15 is 0 Å². The summed E-state index contributed by atoms with van der Waals surface area (Å²) in [5.74, 6) is 0. The number of nitroso groups, excluding NO2 is 1. The maximum atomic E-state index is 12.1. The van der Waals surface area contributed by atoms with Gasteiger partial charge >= 0.3 is 6.09 Å². The summed E-state index contributed by atoms with van der Waals surface area (Å²) in [4.78, 5) is 29.8. The summed E-state index contributed by atoms with van der Waals surface area (Å²) in [6.07, 6.45) is 4.67. The lowest BCUT2D eigenvalue weighted by atomic mass is 9.88. The molecule has 0 unspecified atom stereocenters. The molecule has 0 atom stereocenters. The minimum atomic E-state index is -0.268. The van der Waals surface area contributed by atoms with E-state index in [9.17, 15) is 9.70 Å². The summed E-state index contributed by atoms with van der Waals surface area (Å²) in [5.41, 5.74) is 6.72. The molecule has 1 aromatic heterocycles. The van der Waals surface area contributed by atoms with Crippen LogP contribution >= 0.6 is 11.6 Å². The number of benzene rings is 1. The number of hydrogen-bond acceptors (Lipinski definition) is 5. The fourth-order valence-corrected chi connectivity index (χ4v) is 4.38. The number of halogens is 1. The van der Waals surface area contributed by atoms with Crippen LogP contribution in [0.3, 0.4) is 0 Å². The van der Waals surface area contributed by atoms with E-state index in [1.54, 1.807) is 17.2 Å². The molecule has 1 amide bonds. The lowest BCUT2D eigenvalue weighted by Crippen LogP contribution is -2.37. The topological polar surface area (TPSA) is 71.9 Å². The van der Waals surface area contributed by atoms with Crippen molar-refractivity contribution in [2.45, 2.75) is 32.6 Å². The molecule has 2 aliphatic rings. The Balaban J connectivity index is 1.81. The van der Waals surface area contributed by atoms with E-state index in [-0.39, 0.29) is 11.8 Å². The zero-order chi connectivity index (χ0) is 20.4. The Morgan fingerprint density at radius 2 is 1.97 bits per heavy atom. The molecular formula is C22H22ClN3O3. The fraction of sp³-hybridized carbons (Fsp3) is 0.364. The number of piperidine rings is 1. The third kappa shape index (κ3) is 3.77. The molecule has 6 nitrogen and oxygen atoms in total. The van der Waals surface area contributed by atoms with Crippen molar-refractivity contribution < 1.29 is 9.53 Å². The van der Waals surface area contributed by atoms with E-state index in [0.717, 1.165) is 48.1 Å². The molecule has 0 spiro atoms. The first-order chi connectivity index (χ1) is 14.1. The molecule has 0 radical (unpaired) electrons. The Morgan fingerprint density at radius 1 is 1.21 bits per heavy atom. The monoisotopic (exact) mass is 411 g/mol. The summed E-state index contributed by atoms with van der Waals surface area (Å²) in [6, 6.07) is 7.69. The highest BCUT2D eigenvalue weighted by atomic mass is 35.5. The second-order valence-corrected chi connectivity index (χ2v) is 7.63. The second-order valence-electron chi connectivity index (χ2n) is 7.23. The Kier molecular flexibility index (Phi) is 5.62. The van der Waals surface area contributed by atoms with Gasteiger partial charge in [0.25, 0.3) is 0 Å². The number of carbonyl (C=O) groups is 1. The predicted molar refractivity (Wildman–Crippen MR) is 112 cm³/mol. The van der Waals surface area contributed by atoms with E-state index < -0.39 is 0 Å². The normalized spacial score (nSPS) is 16.0. The molecule has 1 saturated heterocycles. The molecule has 1 aromatic carbocycles. The van der Waals surface area contributed by atoms with Gasteiger partial charge in [-0.15, -0.1) is 4.91 Å². The van der Waals surface area contributed by atoms with Crippen LogP contribution in [0.25, 0.3) is 5.57 Å². The lowest BCUT2D eigenvalue weighted by Gasteiger charge is -2.29. The molecule has 150 valence electrons. The highest BCUT2D eigenvalue weighted by Gasteiger charge is 2.27. The van der Waals surface area contributed by atoms with Crippen LogP contribution in [0.2, 0.25) is 5.02 Å². The molecule has 0 saturated carbocycles. The van der Waals surface area contributed by atoms with Crippen LogP contribution in [0.1, 0.15) is 42.1 Å². The fourth-order valence-electron chi connectivity index (χ4n) is 4.16. The van der Waals surface area contributed by atoms with Gasteiger partial charge in [-0.1, -0.05) is 23.2 Å². The number of pyridine rings is 1. The van der Waals surface area contributed by atoms with Crippen molar-refractivity contribution >= 4 is 29.0 Å². The van der Waals surface area contributed by atoms with Crippen molar-refractivity contribution in [3.05, 3.63) is 68.3 Å². The van der Waals surface area contributed by atoms with Gasteiger partial charge in [0, 0.05) is 24.9 Å². The van der Waals surface area contributed by atoms with Crippen LogP contribution in [0.15, 0.2) is 41.2 Å². The highest BCUT2D eigenvalue weighted by Crippen LogP contribution is 2.41. The number of rotatable bonds is 2. The smallest absolute Gasteiger partial charge is 0.409 e. The number of carbonyl (C=O) groups excluding carboxylic acids is 1. The van der Waals surface area contributed by atoms with E-state index in [1.807, 2.05) is 19.1 Å². The third-order valence-electron chi connectivity index (χ3n) is 5.58. The van der Waals surface area contributed by atoms with Crippen molar-refractivity contribution in [2.24, 2.45) is 5.18 Å². The van der Waals surface area contributed by atoms with Gasteiger partial charge < -0.3 is 9.64 Å². The molecule has 29 heavy (non-hydrogen) atoms. The summed E-state index contributed by atoms with van der Waals surface area (Å²) >= 11 is 6.26. The number of hydrogen-bond donors (Lipinski definition) is 0. The predicted octanol–water partition coefficient (Wildman–Crippen LogP) is 5.29. The van der Waals surface area contributed by atoms with Crippen molar-refractivity contribution in [3.8, 4) is 0 Å². The average molecular weight is 412 g/mol. The van der Waals surface area contributed by atoms with E-state index in [1.165, 1.54) is 11.1 Å². The standard InChI is InChI=1S/C22H22ClN3O3/c1-2-29-22(27)26-10-7-14(8-11-26)20-17-13-19(25-28)18(23)12-16(17)6-5-15-4-3-9-24-21(15)20/h3-4,9,12-13H,2,5-8,10-11H2,1H3. The van der Waals surface area contributed by atoms with E-state index in [4.69, 9.17) is 21.3 Å². The quantitative estimate of drug-likeness (QED) is 0.630. The molecule has 1 aliphatic carbocycles. The lowest BCUT2D eigenvalue weighted by molar-refractivity contribution is 0.104. The van der Waals surface area contributed by atoms with Crippen molar-refractivity contribution in [3.63, 3.8) is 0 Å². The number of amides is 1. The van der Waals surface area contributed by atoms with Crippen molar-refractivity contribution in [1.29, 1.82) is 0 Å². The number of aromatic nitrogens is 1. The number of nitrogens with zero attached hydrogens (tertiary/aromatic N) is 3. The molecule has 1 fully saturated rings. The summed E-state index contributed by atoms with van der Waals surface area (Å²) in [6.45, 7) is 3.38. The third-order valence-corrected chi connectivity index (χ3v) is 5.88. The van der Waals surface area contributed by atoms with Crippen LogP contribution in [-0.4, -0.2) is 35.7 Å². The van der Waals surface area contributed by atoms with Gasteiger partial charge in [-0.05, 0) is 72.7 Å². The zero-order valence-corrected chi connectivity index (χ0v) is 17.0. The Hall–Kier alpha value is -2.73. The summed E-state index contributed by atoms with van der Waals surface area (Å²) in [5, 5.41) is 3.48. The Bertz CT molecular complexity index is 993. The number of likely N-dealkylation sites (tertiary alicyclic amines) is 1. The molecular weight excluding hydrogens is 390 g/mol. The van der Waals surface area contributed by atoms with Gasteiger partial charge in [-0.3, -0.25) is 4.98 Å². The number of aryl methyl sites for hydroxylation is 2. The van der Waals surface area contributed by atoms with Gasteiger partial charge in [0.1, 0.15) is 5.69 Å². The van der Waals surface area contributed by atoms with Crippen LogP contribution < -0.4 is 0 Å². The van der Waals surface area contributed by atoms with E-state index in [0.29, 0.717) is 24.7 Å². The van der Waals surface area contributed by atoms with Crippen LogP contribution in [0, 0.1) is 4.91 Å². The van der Waals surface area contributed by atoms with Crippen LogP contribution in [0.4, 0.5) is 10.5 Å². The van der Waals surface area contributed by atoms with Gasteiger partial charge in [0.2, 0.25) is 0 Å². The zero-order valence-electron chi connectivity index (χ0n) is 16.3. The van der Waals surface area contributed by atoms with Crippen molar-refractivity contribution in [2.75, 3.05) is 19.7 Å². The number of ether oxygens (including phenoxy) is 1. The second kappa shape index (κ2) is 8.33. The molecule has 2 aromatic rings. The molecule has 1 aliphatic heterocycles. The summed E-state index contributed by atoms with van der Waals surface area (Å²) < 4.78 is 5.13. The largest absolute Gasteiger partial charge is 0.450 e. The molecule has 4 rings (SSSR count). The first-order valence-electron chi connectivity index (χ1n) is 9.86. The molecule has 2 heterocycles. The molecule has 0 N–H and O–H groups in total. The SMILES string of the molecule is CCOC(=O)N1CCC(=C2c3cc(N=O)c(Cl)cc3CCc3cccnc32)CC1. The first-order valence-corrected chi connectivity index (χ1v) is 10.2. The van der Waals surface area contributed by atoms with Crippen molar-refractivity contribution in [1.82, 2.24) is 9.88 Å². The maximum Gasteiger partial charge on any atom is 0.409 e. The van der Waals surface area contributed by atoms with Gasteiger partial charge in [0.15, 0.2) is 0 Å². The van der Waals surface area contributed by atoms with Crippen LogP contribution in [0.5, 0.6) is 0 Å². The highest BCUT2D eigenvalue weighted by molar-refractivity contribution is 6.33. The minimum Gasteiger partial charge on any atom is -0.450 e.